The molecule has 0 aliphatic heterocycles. The summed E-state index contributed by atoms with van der Waals surface area (Å²) in [7, 11) is 0. The number of ether oxygens (including phenoxy) is 1. The molecule has 0 radical (unpaired) electrons. The Morgan fingerprint density at radius 2 is 1.83 bits per heavy atom. The minimum Gasteiger partial charge on any atom is -0.467 e. The van der Waals surface area contributed by atoms with Crippen LogP contribution in [0.15, 0.2) is 47.1 Å². The monoisotopic (exact) mass is 241 g/mol. The number of nitrogens with zero attached hydrogens (tertiary/aromatic N) is 2. The van der Waals surface area contributed by atoms with Crippen molar-refractivity contribution >= 4 is 16.9 Å². The van der Waals surface area contributed by atoms with Crippen molar-refractivity contribution in [3.8, 4) is 5.88 Å². The van der Waals surface area contributed by atoms with Gasteiger partial charge in [0.1, 0.15) is 12.4 Å². The first-order valence-corrected chi connectivity index (χ1v) is 5.50. The van der Waals surface area contributed by atoms with Crippen molar-refractivity contribution < 1.29 is 9.15 Å². The Labute approximate surface area is 103 Å². The number of para-hydroxylation sites is 2. The van der Waals surface area contributed by atoms with Gasteiger partial charge in [0.05, 0.1) is 17.3 Å². The molecule has 0 amide bonds. The molecule has 0 aliphatic rings. The fourth-order valence-electron chi connectivity index (χ4n) is 1.64. The van der Waals surface area contributed by atoms with Crippen molar-refractivity contribution in [2.75, 3.05) is 5.73 Å². The topological polar surface area (TPSA) is 74.2 Å². The molecule has 3 aromatic rings. The normalized spacial score (nSPS) is 10.7. The maximum absolute atomic E-state index is 5.80. The second-order valence-electron chi connectivity index (χ2n) is 3.77. The Hall–Kier alpha value is -2.56. The van der Waals surface area contributed by atoms with Gasteiger partial charge < -0.3 is 14.9 Å². The zero-order valence-electron chi connectivity index (χ0n) is 9.54. The molecule has 0 bridgehead atoms. The molecular weight excluding hydrogens is 230 g/mol. The smallest absolute Gasteiger partial charge is 0.258 e. The average Bonchev–Trinajstić information content (AvgIpc) is 2.89. The van der Waals surface area contributed by atoms with E-state index in [1.807, 2.05) is 30.3 Å². The molecule has 2 heterocycles. The SMILES string of the molecule is Nc1nc2ccccc2nc1OCc1ccco1. The molecule has 1 aromatic carbocycles. The molecule has 2 aromatic heterocycles. The number of hydrogen-bond donors (Lipinski definition) is 1. The quantitative estimate of drug-likeness (QED) is 0.762. The van der Waals surface area contributed by atoms with Crippen molar-refractivity contribution in [2.45, 2.75) is 6.61 Å². The van der Waals surface area contributed by atoms with E-state index in [1.165, 1.54) is 0 Å². The molecule has 0 atom stereocenters. The number of rotatable bonds is 3. The van der Waals surface area contributed by atoms with Gasteiger partial charge in [0.25, 0.3) is 5.88 Å². The van der Waals surface area contributed by atoms with Gasteiger partial charge >= 0.3 is 0 Å². The molecular formula is C13H11N3O2. The van der Waals surface area contributed by atoms with Crippen molar-refractivity contribution in [1.82, 2.24) is 9.97 Å². The zero-order chi connectivity index (χ0) is 12.4. The molecule has 0 saturated heterocycles. The number of benzene rings is 1. The molecule has 3 rings (SSSR count). The van der Waals surface area contributed by atoms with Crippen LogP contribution in [0.1, 0.15) is 5.76 Å². The van der Waals surface area contributed by atoms with Crippen LogP contribution >= 0.6 is 0 Å². The van der Waals surface area contributed by atoms with E-state index >= 15 is 0 Å². The van der Waals surface area contributed by atoms with Gasteiger partial charge in [0.2, 0.25) is 0 Å². The molecule has 2 N–H and O–H groups in total. The van der Waals surface area contributed by atoms with E-state index in [4.69, 9.17) is 14.9 Å². The lowest BCUT2D eigenvalue weighted by Crippen LogP contribution is -2.02. The highest BCUT2D eigenvalue weighted by Crippen LogP contribution is 2.21. The van der Waals surface area contributed by atoms with Crippen molar-refractivity contribution in [3.63, 3.8) is 0 Å². The molecule has 90 valence electrons. The molecule has 5 heteroatoms. The van der Waals surface area contributed by atoms with Crippen LogP contribution in [0.2, 0.25) is 0 Å². The summed E-state index contributed by atoms with van der Waals surface area (Å²) in [5.41, 5.74) is 7.30. The van der Waals surface area contributed by atoms with E-state index in [-0.39, 0.29) is 12.4 Å². The number of aromatic nitrogens is 2. The Bertz CT molecular complexity index is 665. The van der Waals surface area contributed by atoms with Crippen LogP contribution in [0.25, 0.3) is 11.0 Å². The summed E-state index contributed by atoms with van der Waals surface area (Å²) in [5, 5.41) is 0. The van der Waals surface area contributed by atoms with Gasteiger partial charge in [-0.2, -0.15) is 0 Å². The van der Waals surface area contributed by atoms with E-state index in [1.54, 1.807) is 12.3 Å². The van der Waals surface area contributed by atoms with E-state index in [0.717, 1.165) is 11.0 Å². The second-order valence-corrected chi connectivity index (χ2v) is 3.77. The highest BCUT2D eigenvalue weighted by Gasteiger charge is 2.07. The van der Waals surface area contributed by atoms with Gasteiger partial charge in [-0.1, -0.05) is 12.1 Å². The van der Waals surface area contributed by atoms with Crippen LogP contribution in [0.3, 0.4) is 0 Å². The lowest BCUT2D eigenvalue weighted by atomic mass is 10.3. The Morgan fingerprint density at radius 3 is 2.56 bits per heavy atom. The highest BCUT2D eigenvalue weighted by molar-refractivity contribution is 5.76. The zero-order valence-corrected chi connectivity index (χ0v) is 9.54. The Morgan fingerprint density at radius 1 is 1.06 bits per heavy atom. The van der Waals surface area contributed by atoms with Crippen LogP contribution in [0.5, 0.6) is 5.88 Å². The van der Waals surface area contributed by atoms with Crippen LogP contribution in [-0.2, 0) is 6.61 Å². The van der Waals surface area contributed by atoms with Gasteiger partial charge in [-0.15, -0.1) is 0 Å². The standard InChI is InChI=1S/C13H11N3O2/c14-12-13(18-8-9-4-3-7-17-9)16-11-6-2-1-5-10(11)15-12/h1-7H,8H2,(H2,14,15). The summed E-state index contributed by atoms with van der Waals surface area (Å²) < 4.78 is 10.7. The summed E-state index contributed by atoms with van der Waals surface area (Å²) in [5.74, 6) is 1.31. The van der Waals surface area contributed by atoms with E-state index in [9.17, 15) is 0 Å². The third kappa shape index (κ3) is 1.98. The van der Waals surface area contributed by atoms with Crippen LogP contribution in [0, 0.1) is 0 Å². The maximum Gasteiger partial charge on any atom is 0.258 e. The summed E-state index contributed by atoms with van der Waals surface area (Å²) in [6.07, 6.45) is 1.59. The number of nitrogen functional groups attached to an aromatic ring is 1. The molecule has 0 unspecified atom stereocenters. The van der Waals surface area contributed by atoms with E-state index in [2.05, 4.69) is 9.97 Å². The third-order valence-electron chi connectivity index (χ3n) is 2.49. The lowest BCUT2D eigenvalue weighted by Gasteiger charge is -2.06. The first kappa shape index (κ1) is 10.6. The Balaban J connectivity index is 1.89. The number of anilines is 1. The van der Waals surface area contributed by atoms with E-state index in [0.29, 0.717) is 11.6 Å². The van der Waals surface area contributed by atoms with Crippen LogP contribution in [-0.4, -0.2) is 9.97 Å². The van der Waals surface area contributed by atoms with Gasteiger partial charge in [0, 0.05) is 0 Å². The van der Waals surface area contributed by atoms with Gasteiger partial charge in [0.15, 0.2) is 5.82 Å². The summed E-state index contributed by atoms with van der Waals surface area (Å²) in [6.45, 7) is 0.282. The minimum atomic E-state index is 0.278. The molecule has 0 saturated carbocycles. The average molecular weight is 241 g/mol. The molecule has 0 fully saturated rings. The van der Waals surface area contributed by atoms with Gasteiger partial charge in [-0.05, 0) is 24.3 Å². The summed E-state index contributed by atoms with van der Waals surface area (Å²) >= 11 is 0. The van der Waals surface area contributed by atoms with Crippen molar-refractivity contribution in [3.05, 3.63) is 48.4 Å². The maximum atomic E-state index is 5.80. The van der Waals surface area contributed by atoms with E-state index < -0.39 is 0 Å². The summed E-state index contributed by atoms with van der Waals surface area (Å²) in [4.78, 5) is 8.56. The minimum absolute atomic E-state index is 0.278. The number of hydrogen-bond acceptors (Lipinski definition) is 5. The number of fused-ring (bicyclic) bond motifs is 1. The number of nitrogens with two attached hydrogens (primary N) is 1. The largest absolute Gasteiger partial charge is 0.467 e. The Kier molecular flexibility index (Phi) is 2.57. The van der Waals surface area contributed by atoms with Crippen LogP contribution in [0.4, 0.5) is 5.82 Å². The molecule has 0 aliphatic carbocycles. The first-order chi connectivity index (χ1) is 8.83. The second kappa shape index (κ2) is 4.37. The lowest BCUT2D eigenvalue weighted by molar-refractivity contribution is 0.262. The molecule has 5 nitrogen and oxygen atoms in total. The van der Waals surface area contributed by atoms with Gasteiger partial charge in [-0.3, -0.25) is 0 Å². The third-order valence-corrected chi connectivity index (χ3v) is 2.49. The van der Waals surface area contributed by atoms with Crippen LogP contribution < -0.4 is 10.5 Å². The predicted molar refractivity (Wildman–Crippen MR) is 67.0 cm³/mol. The fourth-order valence-corrected chi connectivity index (χ4v) is 1.64. The van der Waals surface area contributed by atoms with Crippen molar-refractivity contribution in [1.29, 1.82) is 0 Å². The number of furan rings is 1. The molecule has 0 spiro atoms. The van der Waals surface area contributed by atoms with Crippen molar-refractivity contribution in [2.24, 2.45) is 0 Å². The predicted octanol–water partition coefficient (Wildman–Crippen LogP) is 2.38. The highest BCUT2D eigenvalue weighted by atomic mass is 16.5. The fraction of sp³-hybridized carbons (Fsp3) is 0.0769. The first-order valence-electron chi connectivity index (χ1n) is 5.50. The van der Waals surface area contributed by atoms with Gasteiger partial charge in [-0.25, -0.2) is 9.97 Å². The summed E-state index contributed by atoms with van der Waals surface area (Å²) in [6, 6.07) is 11.1. The molecule has 18 heavy (non-hydrogen) atoms.